The molecule has 0 aliphatic carbocycles. The van der Waals surface area contributed by atoms with Crippen LogP contribution in [0.15, 0.2) is 30.9 Å². The van der Waals surface area contributed by atoms with E-state index in [1.54, 1.807) is 16.8 Å². The minimum absolute atomic E-state index is 0.158. The van der Waals surface area contributed by atoms with Gasteiger partial charge < -0.3 is 5.32 Å². The zero-order chi connectivity index (χ0) is 13.2. The lowest BCUT2D eigenvalue weighted by molar-refractivity contribution is 0.558. The van der Waals surface area contributed by atoms with Crippen LogP contribution in [0.1, 0.15) is 6.92 Å². The first-order valence-electron chi connectivity index (χ1n) is 5.82. The second-order valence-corrected chi connectivity index (χ2v) is 4.60. The maximum atomic E-state index is 5.96. The molecule has 0 aliphatic rings. The van der Waals surface area contributed by atoms with E-state index in [4.69, 9.17) is 11.6 Å². The fraction of sp³-hybridized carbons (Fsp3) is 0.273. The lowest BCUT2D eigenvalue weighted by Gasteiger charge is -2.15. The smallest absolute Gasteiger partial charge is 0.255 e. The van der Waals surface area contributed by atoms with Gasteiger partial charge in [-0.2, -0.15) is 24.7 Å². The van der Waals surface area contributed by atoms with E-state index >= 15 is 0 Å². The van der Waals surface area contributed by atoms with Crippen molar-refractivity contribution >= 4 is 23.2 Å². The first kappa shape index (κ1) is 11.9. The van der Waals surface area contributed by atoms with E-state index in [-0.39, 0.29) is 6.04 Å². The number of halogens is 1. The van der Waals surface area contributed by atoms with Gasteiger partial charge in [-0.1, -0.05) is 11.6 Å². The van der Waals surface area contributed by atoms with Crippen molar-refractivity contribution in [2.75, 3.05) is 5.32 Å². The average molecular weight is 278 g/mol. The summed E-state index contributed by atoms with van der Waals surface area (Å²) in [6.45, 7) is 2.79. The highest BCUT2D eigenvalue weighted by Gasteiger charge is 2.09. The van der Waals surface area contributed by atoms with Crippen LogP contribution >= 0.6 is 11.6 Å². The summed E-state index contributed by atoms with van der Waals surface area (Å²) >= 11 is 5.96. The van der Waals surface area contributed by atoms with Crippen molar-refractivity contribution in [3.63, 3.8) is 0 Å². The van der Waals surface area contributed by atoms with E-state index in [9.17, 15) is 0 Å². The van der Waals surface area contributed by atoms with E-state index < -0.39 is 0 Å². The minimum atomic E-state index is 0.158. The van der Waals surface area contributed by atoms with Crippen LogP contribution in [0.4, 0.5) is 5.82 Å². The number of fused-ring (bicyclic) bond motifs is 1. The molecule has 0 amide bonds. The Bertz CT molecular complexity index is 675. The van der Waals surface area contributed by atoms with Crippen LogP contribution < -0.4 is 5.32 Å². The van der Waals surface area contributed by atoms with Gasteiger partial charge in [0.25, 0.3) is 5.78 Å². The molecule has 0 saturated carbocycles. The molecule has 0 aromatic carbocycles. The van der Waals surface area contributed by atoms with E-state index in [0.29, 0.717) is 10.9 Å². The van der Waals surface area contributed by atoms with Crippen LogP contribution in [0.25, 0.3) is 5.78 Å². The molecule has 0 radical (unpaired) electrons. The van der Waals surface area contributed by atoms with Gasteiger partial charge in [-0.05, 0) is 13.0 Å². The summed E-state index contributed by atoms with van der Waals surface area (Å²) in [5.74, 6) is 1.23. The van der Waals surface area contributed by atoms with E-state index in [2.05, 4.69) is 32.4 Å². The van der Waals surface area contributed by atoms with E-state index in [0.717, 1.165) is 12.4 Å². The van der Waals surface area contributed by atoms with Crippen LogP contribution in [0.5, 0.6) is 0 Å². The topological polar surface area (TPSA) is 72.9 Å². The molecule has 19 heavy (non-hydrogen) atoms. The van der Waals surface area contributed by atoms with Gasteiger partial charge in [0, 0.05) is 24.5 Å². The quantitative estimate of drug-likeness (QED) is 0.731. The Morgan fingerprint density at radius 1 is 1.42 bits per heavy atom. The lowest BCUT2D eigenvalue weighted by Crippen LogP contribution is -2.23. The van der Waals surface area contributed by atoms with Crippen LogP contribution in [0.3, 0.4) is 0 Å². The largest absolute Gasteiger partial charge is 0.365 e. The second-order valence-electron chi connectivity index (χ2n) is 4.21. The van der Waals surface area contributed by atoms with Crippen molar-refractivity contribution in [2.24, 2.45) is 0 Å². The maximum absolute atomic E-state index is 5.96. The molecule has 0 saturated heterocycles. The second kappa shape index (κ2) is 4.85. The Labute approximate surface area is 114 Å². The van der Waals surface area contributed by atoms with Crippen molar-refractivity contribution in [1.29, 1.82) is 0 Å². The number of hydrogen-bond acceptors (Lipinski definition) is 5. The van der Waals surface area contributed by atoms with Gasteiger partial charge >= 0.3 is 0 Å². The molecule has 0 spiro atoms. The predicted octanol–water partition coefficient (Wildman–Crippen LogP) is 1.47. The van der Waals surface area contributed by atoms with Gasteiger partial charge in [-0.15, -0.1) is 0 Å². The van der Waals surface area contributed by atoms with Crippen LogP contribution in [-0.4, -0.2) is 35.4 Å². The van der Waals surface area contributed by atoms with Gasteiger partial charge in [0.1, 0.15) is 17.3 Å². The van der Waals surface area contributed by atoms with Gasteiger partial charge in [0.15, 0.2) is 0 Å². The van der Waals surface area contributed by atoms with E-state index in [1.807, 2.05) is 16.9 Å². The summed E-state index contributed by atoms with van der Waals surface area (Å²) in [5, 5.41) is 12.0. The molecule has 3 aromatic heterocycles. The summed E-state index contributed by atoms with van der Waals surface area (Å²) in [4.78, 5) is 8.10. The molecule has 0 fully saturated rings. The monoisotopic (exact) mass is 277 g/mol. The number of rotatable bonds is 4. The van der Waals surface area contributed by atoms with Gasteiger partial charge in [-0.3, -0.25) is 4.68 Å². The first-order chi connectivity index (χ1) is 9.22. The third-order valence-electron chi connectivity index (χ3n) is 2.63. The summed E-state index contributed by atoms with van der Waals surface area (Å²) in [5.41, 5.74) is 0. The summed E-state index contributed by atoms with van der Waals surface area (Å²) in [6.07, 6.45) is 5.12. The molecular formula is C11H12ClN7. The maximum Gasteiger partial charge on any atom is 0.255 e. The number of aromatic nitrogens is 6. The van der Waals surface area contributed by atoms with Crippen LogP contribution in [-0.2, 0) is 6.54 Å². The number of hydrogen-bond donors (Lipinski definition) is 1. The van der Waals surface area contributed by atoms with Gasteiger partial charge in [-0.25, -0.2) is 0 Å². The third-order valence-corrected chi connectivity index (χ3v) is 2.83. The molecule has 1 unspecified atom stereocenters. The van der Waals surface area contributed by atoms with Crippen LogP contribution in [0, 0.1) is 0 Å². The Morgan fingerprint density at radius 2 is 2.32 bits per heavy atom. The predicted molar refractivity (Wildman–Crippen MR) is 71.1 cm³/mol. The Morgan fingerprint density at radius 3 is 3.11 bits per heavy atom. The van der Waals surface area contributed by atoms with Crippen LogP contribution in [0.2, 0.25) is 5.15 Å². The van der Waals surface area contributed by atoms with Crippen molar-refractivity contribution in [2.45, 2.75) is 19.5 Å². The molecule has 3 heterocycles. The van der Waals surface area contributed by atoms with Crippen molar-refractivity contribution in [1.82, 2.24) is 29.4 Å². The molecule has 3 rings (SSSR count). The number of nitrogens with zero attached hydrogens (tertiary/aromatic N) is 6. The fourth-order valence-corrected chi connectivity index (χ4v) is 2.05. The molecule has 7 nitrogen and oxygen atoms in total. The van der Waals surface area contributed by atoms with Crippen molar-refractivity contribution < 1.29 is 0 Å². The highest BCUT2D eigenvalue weighted by Crippen LogP contribution is 2.15. The molecule has 1 N–H and O–H groups in total. The SMILES string of the molecule is CC(Cn1cccn1)Nc1cc(Cl)nc2ncnn12. The first-order valence-corrected chi connectivity index (χ1v) is 6.20. The summed E-state index contributed by atoms with van der Waals surface area (Å²) in [6, 6.07) is 3.78. The summed E-state index contributed by atoms with van der Waals surface area (Å²) in [7, 11) is 0. The Balaban J connectivity index is 1.82. The van der Waals surface area contributed by atoms with Gasteiger partial charge in [0.05, 0.1) is 6.54 Å². The summed E-state index contributed by atoms with van der Waals surface area (Å²) < 4.78 is 3.48. The molecule has 0 bridgehead atoms. The highest BCUT2D eigenvalue weighted by molar-refractivity contribution is 6.29. The lowest BCUT2D eigenvalue weighted by atomic mass is 10.3. The zero-order valence-corrected chi connectivity index (χ0v) is 11.0. The van der Waals surface area contributed by atoms with Crippen molar-refractivity contribution in [3.8, 4) is 0 Å². The molecule has 98 valence electrons. The molecule has 8 heteroatoms. The molecular weight excluding hydrogens is 266 g/mol. The standard InChI is InChI=1S/C11H12ClN7/c1-8(6-18-4-2-3-14-18)16-10-5-9(12)17-11-13-7-15-19(10)11/h2-5,7-8,16H,6H2,1H3. The molecule has 1 atom stereocenters. The Hall–Kier alpha value is -2.15. The fourth-order valence-electron chi connectivity index (χ4n) is 1.87. The normalized spacial score (nSPS) is 12.7. The minimum Gasteiger partial charge on any atom is -0.365 e. The van der Waals surface area contributed by atoms with Gasteiger partial charge in [0.2, 0.25) is 0 Å². The van der Waals surface area contributed by atoms with Crippen molar-refractivity contribution in [3.05, 3.63) is 36.0 Å². The Kier molecular flexibility index (Phi) is 3.04. The van der Waals surface area contributed by atoms with E-state index in [1.165, 1.54) is 6.33 Å². The number of nitrogens with one attached hydrogen (secondary N) is 1. The molecule has 3 aromatic rings. The highest BCUT2D eigenvalue weighted by atomic mass is 35.5. The third kappa shape index (κ3) is 2.50. The number of anilines is 1. The molecule has 0 aliphatic heterocycles. The average Bonchev–Trinajstić information content (AvgIpc) is 2.99. The zero-order valence-electron chi connectivity index (χ0n) is 10.2.